The molecule has 2 unspecified atom stereocenters. The molecule has 25 heavy (non-hydrogen) atoms. The highest BCUT2D eigenvalue weighted by atomic mass is 32.2. The Kier molecular flexibility index (Phi) is 6.31. The van der Waals surface area contributed by atoms with E-state index in [1.807, 2.05) is 34.7 Å². The SMILES string of the molecule is CNC(C)Cc1noc(C(NS(=O)(=O)c2ccc(C)cc2)C(C)C)n1. The number of hydrogen-bond acceptors (Lipinski definition) is 6. The summed E-state index contributed by atoms with van der Waals surface area (Å²) in [6.07, 6.45) is 0.607. The highest BCUT2D eigenvalue weighted by molar-refractivity contribution is 7.89. The Balaban J connectivity index is 2.22. The fourth-order valence-electron chi connectivity index (χ4n) is 2.28. The van der Waals surface area contributed by atoms with Crippen LogP contribution in [0.25, 0.3) is 0 Å². The molecule has 2 aromatic rings. The van der Waals surface area contributed by atoms with Crippen molar-refractivity contribution in [3.63, 3.8) is 0 Å². The van der Waals surface area contributed by atoms with Gasteiger partial charge in [-0.1, -0.05) is 36.7 Å². The van der Waals surface area contributed by atoms with Crippen molar-refractivity contribution in [2.24, 2.45) is 5.92 Å². The van der Waals surface area contributed by atoms with Crippen molar-refractivity contribution in [1.82, 2.24) is 20.2 Å². The van der Waals surface area contributed by atoms with Crippen molar-refractivity contribution in [3.05, 3.63) is 41.5 Å². The Morgan fingerprint density at radius 1 is 1.16 bits per heavy atom. The summed E-state index contributed by atoms with van der Waals surface area (Å²) in [4.78, 5) is 4.58. The maximum absolute atomic E-state index is 12.7. The molecule has 8 heteroatoms. The van der Waals surface area contributed by atoms with Crippen LogP contribution in [0.4, 0.5) is 0 Å². The van der Waals surface area contributed by atoms with Crippen LogP contribution in [0.1, 0.15) is 44.1 Å². The average Bonchev–Trinajstić information content (AvgIpc) is 3.00. The third-order valence-electron chi connectivity index (χ3n) is 4.01. The van der Waals surface area contributed by atoms with Gasteiger partial charge in [0.05, 0.1) is 4.90 Å². The number of aryl methyl sites for hydroxylation is 1. The quantitative estimate of drug-likeness (QED) is 0.743. The van der Waals surface area contributed by atoms with Crippen molar-refractivity contribution < 1.29 is 12.9 Å². The minimum absolute atomic E-state index is 0.0461. The lowest BCUT2D eigenvalue weighted by molar-refractivity contribution is 0.308. The molecule has 1 aromatic carbocycles. The Bertz CT molecular complexity index is 784. The Morgan fingerprint density at radius 3 is 2.36 bits per heavy atom. The zero-order valence-corrected chi connectivity index (χ0v) is 16.1. The van der Waals surface area contributed by atoms with Gasteiger partial charge in [-0.2, -0.15) is 9.71 Å². The fourth-order valence-corrected chi connectivity index (χ4v) is 3.61. The first kappa shape index (κ1) is 19.6. The smallest absolute Gasteiger partial charge is 0.245 e. The van der Waals surface area contributed by atoms with Crippen LogP contribution < -0.4 is 10.0 Å². The van der Waals surface area contributed by atoms with E-state index in [0.29, 0.717) is 12.2 Å². The van der Waals surface area contributed by atoms with Crippen molar-refractivity contribution in [1.29, 1.82) is 0 Å². The molecule has 2 N–H and O–H groups in total. The number of sulfonamides is 1. The number of nitrogens with one attached hydrogen (secondary N) is 2. The lowest BCUT2D eigenvalue weighted by atomic mass is 10.1. The first-order valence-corrected chi connectivity index (χ1v) is 9.80. The number of benzene rings is 1. The van der Waals surface area contributed by atoms with Crippen LogP contribution in [-0.4, -0.2) is 31.6 Å². The summed E-state index contributed by atoms with van der Waals surface area (Å²) < 4.78 is 33.3. The van der Waals surface area contributed by atoms with E-state index >= 15 is 0 Å². The van der Waals surface area contributed by atoms with Crippen LogP contribution in [0, 0.1) is 12.8 Å². The van der Waals surface area contributed by atoms with E-state index in [2.05, 4.69) is 20.2 Å². The van der Waals surface area contributed by atoms with Gasteiger partial charge in [0.15, 0.2) is 5.82 Å². The summed E-state index contributed by atoms with van der Waals surface area (Å²) in [6, 6.07) is 6.32. The molecule has 138 valence electrons. The first-order chi connectivity index (χ1) is 11.7. The molecule has 0 saturated carbocycles. The van der Waals surface area contributed by atoms with E-state index in [1.165, 1.54) is 0 Å². The van der Waals surface area contributed by atoms with E-state index < -0.39 is 16.1 Å². The van der Waals surface area contributed by atoms with Crippen LogP contribution in [0.2, 0.25) is 0 Å². The minimum Gasteiger partial charge on any atom is -0.338 e. The van der Waals surface area contributed by atoms with Crippen LogP contribution in [0.15, 0.2) is 33.7 Å². The zero-order valence-electron chi connectivity index (χ0n) is 15.3. The highest BCUT2D eigenvalue weighted by Crippen LogP contribution is 2.23. The minimum atomic E-state index is -3.68. The largest absolute Gasteiger partial charge is 0.338 e. The van der Waals surface area contributed by atoms with E-state index in [0.717, 1.165) is 5.56 Å². The maximum Gasteiger partial charge on any atom is 0.245 e. The van der Waals surface area contributed by atoms with Crippen LogP contribution in [0.3, 0.4) is 0 Å². The highest BCUT2D eigenvalue weighted by Gasteiger charge is 2.28. The molecule has 0 spiro atoms. The van der Waals surface area contributed by atoms with E-state index in [9.17, 15) is 8.42 Å². The molecule has 2 rings (SSSR count). The van der Waals surface area contributed by atoms with Gasteiger partial charge in [0.25, 0.3) is 0 Å². The number of rotatable bonds is 8. The summed E-state index contributed by atoms with van der Waals surface area (Å²) in [7, 11) is -1.82. The Hall–Kier alpha value is -1.77. The molecule has 2 atom stereocenters. The van der Waals surface area contributed by atoms with E-state index in [-0.39, 0.29) is 22.7 Å². The number of aromatic nitrogens is 2. The summed E-state index contributed by atoms with van der Waals surface area (Å²) in [5.74, 6) is 0.788. The summed E-state index contributed by atoms with van der Waals surface area (Å²) in [6.45, 7) is 7.73. The zero-order chi connectivity index (χ0) is 18.6. The van der Waals surface area contributed by atoms with Crippen molar-refractivity contribution in [2.45, 2.75) is 51.1 Å². The monoisotopic (exact) mass is 366 g/mol. The second-order valence-corrected chi connectivity index (χ2v) is 8.31. The molecule has 1 aromatic heterocycles. The summed E-state index contributed by atoms with van der Waals surface area (Å²) in [5.41, 5.74) is 1.000. The predicted molar refractivity (Wildman–Crippen MR) is 95.6 cm³/mol. The van der Waals surface area contributed by atoms with Crippen LogP contribution in [0.5, 0.6) is 0 Å². The van der Waals surface area contributed by atoms with Crippen molar-refractivity contribution in [3.8, 4) is 0 Å². The van der Waals surface area contributed by atoms with Crippen molar-refractivity contribution >= 4 is 10.0 Å². The fraction of sp³-hybridized carbons (Fsp3) is 0.529. The second-order valence-electron chi connectivity index (χ2n) is 6.60. The van der Waals surface area contributed by atoms with Gasteiger partial charge in [-0.05, 0) is 38.9 Å². The average molecular weight is 366 g/mol. The van der Waals surface area contributed by atoms with Crippen LogP contribution in [-0.2, 0) is 16.4 Å². The molecule has 1 heterocycles. The topological polar surface area (TPSA) is 97.1 Å². The molecule has 0 radical (unpaired) electrons. The molecule has 0 aliphatic rings. The van der Waals surface area contributed by atoms with Gasteiger partial charge >= 0.3 is 0 Å². The molecule has 0 aliphatic carbocycles. The van der Waals surface area contributed by atoms with Gasteiger partial charge in [-0.15, -0.1) is 0 Å². The molecule has 0 fully saturated rings. The number of hydrogen-bond donors (Lipinski definition) is 2. The van der Waals surface area contributed by atoms with Gasteiger partial charge in [0.1, 0.15) is 6.04 Å². The van der Waals surface area contributed by atoms with Crippen LogP contribution >= 0.6 is 0 Å². The predicted octanol–water partition coefficient (Wildman–Crippen LogP) is 2.20. The van der Waals surface area contributed by atoms with Gasteiger partial charge in [0.2, 0.25) is 15.9 Å². The molecule has 7 nitrogen and oxygen atoms in total. The molecule has 0 amide bonds. The molecule has 0 saturated heterocycles. The third kappa shape index (κ3) is 5.10. The van der Waals surface area contributed by atoms with E-state index in [1.54, 1.807) is 24.3 Å². The lowest BCUT2D eigenvalue weighted by Gasteiger charge is -2.18. The third-order valence-corrected chi connectivity index (χ3v) is 5.47. The number of likely N-dealkylation sites (N-methyl/N-ethyl adjacent to an activating group) is 1. The van der Waals surface area contributed by atoms with E-state index in [4.69, 9.17) is 4.52 Å². The molecular weight excluding hydrogens is 340 g/mol. The standard InChI is InChI=1S/C17H26N4O3S/c1-11(2)16(17-19-15(20-24-17)10-13(4)18-5)21-25(22,23)14-8-6-12(3)7-9-14/h6-9,11,13,16,18,21H,10H2,1-5H3. The lowest BCUT2D eigenvalue weighted by Crippen LogP contribution is -2.32. The first-order valence-electron chi connectivity index (χ1n) is 8.31. The molecule has 0 bridgehead atoms. The van der Waals surface area contributed by atoms with Gasteiger partial charge in [0, 0.05) is 12.5 Å². The molecule has 0 aliphatic heterocycles. The maximum atomic E-state index is 12.7. The van der Waals surface area contributed by atoms with Gasteiger partial charge < -0.3 is 9.84 Å². The Morgan fingerprint density at radius 2 is 1.80 bits per heavy atom. The Labute approximate surface area is 149 Å². The number of nitrogens with zero attached hydrogens (tertiary/aromatic N) is 2. The summed E-state index contributed by atoms with van der Waals surface area (Å²) in [5, 5.41) is 7.07. The second kappa shape index (κ2) is 8.07. The van der Waals surface area contributed by atoms with Gasteiger partial charge in [-0.3, -0.25) is 0 Å². The van der Waals surface area contributed by atoms with Gasteiger partial charge in [-0.25, -0.2) is 8.42 Å². The normalized spacial score (nSPS) is 14.6. The van der Waals surface area contributed by atoms with Crippen molar-refractivity contribution in [2.75, 3.05) is 7.05 Å². The summed E-state index contributed by atoms with van der Waals surface area (Å²) >= 11 is 0. The molecular formula is C17H26N4O3S.